The van der Waals surface area contributed by atoms with E-state index < -0.39 is 0 Å². The van der Waals surface area contributed by atoms with E-state index in [0.29, 0.717) is 19.4 Å². The van der Waals surface area contributed by atoms with Crippen LogP contribution in [-0.4, -0.2) is 21.0 Å². The summed E-state index contributed by atoms with van der Waals surface area (Å²) in [5, 5.41) is 5.88. The summed E-state index contributed by atoms with van der Waals surface area (Å²) in [6.45, 7) is 4.80. The van der Waals surface area contributed by atoms with Gasteiger partial charge in [-0.1, -0.05) is 42.5 Å². The molecule has 0 N–H and O–H groups in total. The minimum absolute atomic E-state index is 0.382. The Morgan fingerprint density at radius 1 is 0.966 bits per heavy atom. The van der Waals surface area contributed by atoms with Crippen molar-refractivity contribution in [1.82, 2.24) is 14.8 Å². The molecule has 151 valence electrons. The molecule has 0 amide bonds. The maximum atomic E-state index is 4.79. The van der Waals surface area contributed by atoms with Crippen molar-refractivity contribution < 1.29 is 12.9 Å². The summed E-state index contributed by atoms with van der Waals surface area (Å²) in [5.74, 6) is 0. The molecular weight excluding hydrogens is 450 g/mol. The standard InChI is InChI=1S/C22H20N4.2ClH.Co/c1-16-8-7-9-17(2)22(16)24-14-20-19-11-3-4-12-21(19)26(25-20)15-18-10-5-6-13-23-18;;;/h3-14H,15H2,1-2H3;2*1H;/q;;;+2/p-2. The zero-order chi connectivity index (χ0) is 20.6. The monoisotopic (exact) mass is 469 g/mol. The summed E-state index contributed by atoms with van der Waals surface area (Å²) >= 11 is 0.382. The molecule has 0 aliphatic heterocycles. The van der Waals surface area contributed by atoms with E-state index in [4.69, 9.17) is 30.4 Å². The molecule has 0 saturated carbocycles. The van der Waals surface area contributed by atoms with Crippen molar-refractivity contribution in [3.05, 3.63) is 89.4 Å². The first-order valence-electron chi connectivity index (χ1n) is 8.93. The molecule has 0 saturated heterocycles. The zero-order valence-corrected chi connectivity index (χ0v) is 18.6. The normalized spacial score (nSPS) is 11.0. The Labute approximate surface area is 185 Å². The number of aryl methyl sites for hydroxylation is 2. The number of rotatable bonds is 4. The van der Waals surface area contributed by atoms with Crippen LogP contribution in [0.2, 0.25) is 0 Å². The number of fused-ring (bicyclic) bond motifs is 1. The number of hydrogen-bond acceptors (Lipinski definition) is 3. The molecule has 0 aliphatic rings. The van der Waals surface area contributed by atoms with Crippen molar-refractivity contribution in [1.29, 1.82) is 0 Å². The molecule has 0 bridgehead atoms. The molecule has 4 rings (SSSR count). The molecule has 0 unspecified atom stereocenters. The van der Waals surface area contributed by atoms with Crippen LogP contribution in [0, 0.1) is 13.8 Å². The van der Waals surface area contributed by atoms with Crippen molar-refractivity contribution in [2.45, 2.75) is 20.4 Å². The van der Waals surface area contributed by atoms with Crippen LogP contribution in [0.3, 0.4) is 0 Å². The SMILES string of the molecule is Cc1cccc(C)c1N=Cc1nn(Cc2ccccn2)c2ccccc12.[Cl][Co][Cl]. The van der Waals surface area contributed by atoms with Gasteiger partial charge in [-0.2, -0.15) is 5.10 Å². The van der Waals surface area contributed by atoms with Crippen LogP contribution in [-0.2, 0) is 19.4 Å². The van der Waals surface area contributed by atoms with E-state index in [1.807, 2.05) is 47.4 Å². The number of benzene rings is 2. The Hall–Kier alpha value is -2.18. The second-order valence-corrected chi connectivity index (χ2v) is 8.15. The molecule has 2 heterocycles. The number of halogens is 2. The third kappa shape index (κ3) is 5.45. The number of para-hydroxylation sites is 2. The molecule has 2 aromatic carbocycles. The molecule has 0 atom stereocenters. The van der Waals surface area contributed by atoms with E-state index in [2.05, 4.69) is 49.2 Å². The second-order valence-electron chi connectivity index (χ2n) is 6.43. The zero-order valence-electron chi connectivity index (χ0n) is 16.0. The predicted molar refractivity (Wildman–Crippen MR) is 118 cm³/mol. The van der Waals surface area contributed by atoms with E-state index in [1.165, 1.54) is 11.1 Å². The van der Waals surface area contributed by atoms with Crippen LogP contribution in [0.15, 0.2) is 71.9 Å². The van der Waals surface area contributed by atoms with Gasteiger partial charge in [-0.3, -0.25) is 14.7 Å². The topological polar surface area (TPSA) is 43.1 Å². The van der Waals surface area contributed by atoms with Gasteiger partial charge in [0.15, 0.2) is 0 Å². The fourth-order valence-corrected chi connectivity index (χ4v) is 3.15. The van der Waals surface area contributed by atoms with Crippen molar-refractivity contribution in [2.24, 2.45) is 4.99 Å². The summed E-state index contributed by atoms with van der Waals surface area (Å²) in [6, 6.07) is 20.4. The quantitative estimate of drug-likeness (QED) is 0.332. The molecule has 29 heavy (non-hydrogen) atoms. The number of nitrogens with zero attached hydrogens (tertiary/aromatic N) is 4. The van der Waals surface area contributed by atoms with Gasteiger partial charge in [0.25, 0.3) is 0 Å². The summed E-state index contributed by atoms with van der Waals surface area (Å²) < 4.78 is 1.99. The molecule has 0 fully saturated rings. The fourth-order valence-electron chi connectivity index (χ4n) is 3.15. The Morgan fingerprint density at radius 3 is 2.34 bits per heavy atom. The van der Waals surface area contributed by atoms with Gasteiger partial charge in [0.2, 0.25) is 0 Å². The average Bonchev–Trinajstić information content (AvgIpc) is 3.07. The minimum atomic E-state index is 0.382. The Kier molecular flexibility index (Phi) is 7.83. The molecular formula is C22H20Cl2CoN4. The first kappa shape index (κ1) is 21.5. The maximum absolute atomic E-state index is 4.79. The number of hydrogen-bond donors (Lipinski definition) is 0. The fraction of sp³-hybridized carbons (Fsp3) is 0.136. The number of aliphatic imine (C=N–C) groups is 1. The molecule has 0 aliphatic carbocycles. The molecule has 4 nitrogen and oxygen atoms in total. The summed E-state index contributed by atoms with van der Waals surface area (Å²) in [7, 11) is 9.47. The van der Waals surface area contributed by atoms with Crippen molar-refractivity contribution >= 4 is 43.1 Å². The summed E-state index contributed by atoms with van der Waals surface area (Å²) in [5.41, 5.74) is 6.28. The van der Waals surface area contributed by atoms with Gasteiger partial charge >= 0.3 is 33.2 Å². The first-order chi connectivity index (χ1) is 14.1. The van der Waals surface area contributed by atoms with Gasteiger partial charge in [-0.25, -0.2) is 0 Å². The van der Waals surface area contributed by atoms with E-state index >= 15 is 0 Å². The van der Waals surface area contributed by atoms with Crippen molar-refractivity contribution in [2.75, 3.05) is 0 Å². The average molecular weight is 470 g/mol. The van der Waals surface area contributed by atoms with E-state index in [1.54, 1.807) is 0 Å². The Balaban J connectivity index is 0.000000755. The predicted octanol–water partition coefficient (Wildman–Crippen LogP) is 6.22. The summed E-state index contributed by atoms with van der Waals surface area (Å²) in [4.78, 5) is 9.14. The molecule has 7 heteroatoms. The van der Waals surface area contributed by atoms with Gasteiger partial charge < -0.3 is 0 Å². The van der Waals surface area contributed by atoms with Gasteiger partial charge in [0.05, 0.1) is 29.7 Å². The first-order valence-corrected chi connectivity index (χ1v) is 11.8. The van der Waals surface area contributed by atoms with Crippen molar-refractivity contribution in [3.63, 3.8) is 0 Å². The van der Waals surface area contributed by atoms with Crippen molar-refractivity contribution in [3.8, 4) is 0 Å². The Bertz CT molecular complexity index is 1090. The van der Waals surface area contributed by atoms with Crippen LogP contribution < -0.4 is 0 Å². The van der Waals surface area contributed by atoms with Gasteiger partial charge in [-0.15, -0.1) is 0 Å². The van der Waals surface area contributed by atoms with Crippen LogP contribution in [0.4, 0.5) is 5.69 Å². The van der Waals surface area contributed by atoms with Gasteiger partial charge in [0.1, 0.15) is 5.69 Å². The third-order valence-electron chi connectivity index (χ3n) is 4.48. The molecule has 4 aromatic rings. The molecule has 2 aromatic heterocycles. The second kappa shape index (κ2) is 10.6. The van der Waals surface area contributed by atoms with Crippen LogP contribution in [0.25, 0.3) is 10.9 Å². The van der Waals surface area contributed by atoms with E-state index in [0.717, 1.165) is 28.0 Å². The van der Waals surface area contributed by atoms with Crippen LogP contribution >= 0.6 is 20.3 Å². The molecule has 0 spiro atoms. The van der Waals surface area contributed by atoms with Gasteiger partial charge in [-0.05, 0) is 43.2 Å². The number of aromatic nitrogens is 3. The van der Waals surface area contributed by atoms with E-state index in [-0.39, 0.29) is 0 Å². The van der Waals surface area contributed by atoms with Crippen LogP contribution in [0.5, 0.6) is 0 Å². The molecule has 0 radical (unpaired) electrons. The Morgan fingerprint density at radius 2 is 1.66 bits per heavy atom. The summed E-state index contributed by atoms with van der Waals surface area (Å²) in [6.07, 6.45) is 3.68. The number of pyridine rings is 1. The van der Waals surface area contributed by atoms with E-state index in [9.17, 15) is 0 Å². The third-order valence-corrected chi connectivity index (χ3v) is 4.48. The van der Waals surface area contributed by atoms with Crippen LogP contribution in [0.1, 0.15) is 22.5 Å². The van der Waals surface area contributed by atoms with Gasteiger partial charge in [0, 0.05) is 11.6 Å².